The molecule has 0 saturated heterocycles. The Hall–Kier alpha value is -2.86. The molecule has 0 N–H and O–H groups in total. The molecular formula is C26H22ClF4NO. The van der Waals surface area contributed by atoms with Gasteiger partial charge in [0.15, 0.2) is 0 Å². The lowest BCUT2D eigenvalue weighted by atomic mass is 10.1. The van der Waals surface area contributed by atoms with E-state index in [0.29, 0.717) is 11.5 Å². The van der Waals surface area contributed by atoms with Crippen LogP contribution in [0.3, 0.4) is 0 Å². The SMILES string of the molecule is O=C(c1c(F)cccc1Cl)N(CCc1cccc(C(F)(F)F)c1)Cc1ccc(C2CC2)cc1. The largest absolute Gasteiger partial charge is 0.416 e. The first-order chi connectivity index (χ1) is 15.7. The van der Waals surface area contributed by atoms with Crippen molar-refractivity contribution in [3.05, 3.63) is 105 Å². The van der Waals surface area contributed by atoms with Crippen LogP contribution in [0, 0.1) is 5.82 Å². The molecule has 172 valence electrons. The maximum atomic E-state index is 14.4. The number of halogens is 5. The Morgan fingerprint density at radius 3 is 2.30 bits per heavy atom. The van der Waals surface area contributed by atoms with Gasteiger partial charge in [0, 0.05) is 13.1 Å². The van der Waals surface area contributed by atoms with Crippen LogP contribution >= 0.6 is 11.6 Å². The number of carbonyl (C=O) groups is 1. The van der Waals surface area contributed by atoms with Crippen LogP contribution in [0.25, 0.3) is 0 Å². The van der Waals surface area contributed by atoms with Crippen LogP contribution in [0.4, 0.5) is 17.6 Å². The summed E-state index contributed by atoms with van der Waals surface area (Å²) in [6.45, 7) is 0.294. The average molecular weight is 476 g/mol. The predicted octanol–water partition coefficient (Wildman–Crippen LogP) is 7.26. The molecule has 1 saturated carbocycles. The average Bonchev–Trinajstić information content (AvgIpc) is 3.62. The van der Waals surface area contributed by atoms with Gasteiger partial charge in [0.05, 0.1) is 16.1 Å². The van der Waals surface area contributed by atoms with Crippen molar-refractivity contribution >= 4 is 17.5 Å². The van der Waals surface area contributed by atoms with Crippen LogP contribution in [0.1, 0.15) is 51.4 Å². The van der Waals surface area contributed by atoms with Crippen LogP contribution in [-0.4, -0.2) is 17.4 Å². The highest BCUT2D eigenvalue weighted by Crippen LogP contribution is 2.40. The van der Waals surface area contributed by atoms with E-state index in [4.69, 9.17) is 11.6 Å². The van der Waals surface area contributed by atoms with Crippen molar-refractivity contribution in [3.8, 4) is 0 Å². The lowest BCUT2D eigenvalue weighted by Crippen LogP contribution is -2.33. The van der Waals surface area contributed by atoms with Crippen LogP contribution < -0.4 is 0 Å². The Morgan fingerprint density at radius 2 is 1.67 bits per heavy atom. The molecule has 33 heavy (non-hydrogen) atoms. The second-order valence-corrected chi connectivity index (χ2v) is 8.69. The van der Waals surface area contributed by atoms with Gasteiger partial charge in [-0.2, -0.15) is 13.2 Å². The number of alkyl halides is 3. The molecule has 4 rings (SSSR count). The zero-order chi connectivity index (χ0) is 23.6. The maximum Gasteiger partial charge on any atom is 0.416 e. The van der Waals surface area contributed by atoms with Gasteiger partial charge in [-0.25, -0.2) is 4.39 Å². The highest BCUT2D eigenvalue weighted by molar-refractivity contribution is 6.33. The van der Waals surface area contributed by atoms with Crippen molar-refractivity contribution < 1.29 is 22.4 Å². The molecular weight excluding hydrogens is 454 g/mol. The first kappa shape index (κ1) is 23.3. The number of carbonyl (C=O) groups excluding carboxylic acids is 1. The van der Waals surface area contributed by atoms with Crippen LogP contribution in [-0.2, 0) is 19.1 Å². The molecule has 3 aromatic carbocycles. The lowest BCUT2D eigenvalue weighted by Gasteiger charge is -2.24. The van der Waals surface area contributed by atoms with E-state index < -0.39 is 23.5 Å². The van der Waals surface area contributed by atoms with Gasteiger partial charge in [-0.3, -0.25) is 4.79 Å². The summed E-state index contributed by atoms with van der Waals surface area (Å²) in [7, 11) is 0. The van der Waals surface area contributed by atoms with Crippen molar-refractivity contribution in [1.82, 2.24) is 4.90 Å². The Kier molecular flexibility index (Phi) is 6.75. The fourth-order valence-corrected chi connectivity index (χ4v) is 4.06. The van der Waals surface area contributed by atoms with Gasteiger partial charge < -0.3 is 4.90 Å². The molecule has 1 fully saturated rings. The summed E-state index contributed by atoms with van der Waals surface area (Å²) in [5, 5.41) is -0.00634. The van der Waals surface area contributed by atoms with Crippen molar-refractivity contribution in [3.63, 3.8) is 0 Å². The second kappa shape index (κ2) is 9.56. The summed E-state index contributed by atoms with van der Waals surface area (Å²) < 4.78 is 53.6. The monoisotopic (exact) mass is 475 g/mol. The molecule has 3 aromatic rings. The van der Waals surface area contributed by atoms with Gasteiger partial charge in [-0.05, 0) is 60.1 Å². The third kappa shape index (κ3) is 5.74. The summed E-state index contributed by atoms with van der Waals surface area (Å²) >= 11 is 6.11. The Morgan fingerprint density at radius 1 is 0.970 bits per heavy atom. The van der Waals surface area contributed by atoms with E-state index in [0.717, 1.165) is 23.8 Å². The van der Waals surface area contributed by atoms with Gasteiger partial charge in [0.1, 0.15) is 5.82 Å². The predicted molar refractivity (Wildman–Crippen MR) is 120 cm³/mol. The van der Waals surface area contributed by atoms with E-state index >= 15 is 0 Å². The van der Waals surface area contributed by atoms with E-state index in [2.05, 4.69) is 0 Å². The summed E-state index contributed by atoms with van der Waals surface area (Å²) in [5.41, 5.74) is 1.55. The molecule has 0 unspecified atom stereocenters. The molecule has 7 heteroatoms. The third-order valence-corrected chi connectivity index (χ3v) is 6.11. The zero-order valence-corrected chi connectivity index (χ0v) is 18.5. The van der Waals surface area contributed by atoms with E-state index in [1.165, 1.54) is 41.5 Å². The van der Waals surface area contributed by atoms with E-state index in [9.17, 15) is 22.4 Å². The normalized spacial score (nSPS) is 13.7. The first-order valence-electron chi connectivity index (χ1n) is 10.7. The molecule has 0 spiro atoms. The number of nitrogens with zero attached hydrogens (tertiary/aromatic N) is 1. The van der Waals surface area contributed by atoms with Gasteiger partial charge in [0.2, 0.25) is 0 Å². The number of hydrogen-bond donors (Lipinski definition) is 0. The number of rotatable bonds is 7. The zero-order valence-electron chi connectivity index (χ0n) is 17.7. The fourth-order valence-electron chi connectivity index (χ4n) is 3.81. The van der Waals surface area contributed by atoms with Crippen molar-refractivity contribution in [2.45, 2.75) is 37.9 Å². The summed E-state index contributed by atoms with van der Waals surface area (Å²) in [5.74, 6) is -0.744. The van der Waals surface area contributed by atoms with E-state index in [1.54, 1.807) is 6.07 Å². The van der Waals surface area contributed by atoms with Crippen LogP contribution in [0.5, 0.6) is 0 Å². The minimum atomic E-state index is -4.45. The second-order valence-electron chi connectivity index (χ2n) is 8.29. The molecule has 0 heterocycles. The summed E-state index contributed by atoms with van der Waals surface area (Å²) in [6, 6.07) is 16.9. The van der Waals surface area contributed by atoms with Gasteiger partial charge in [-0.1, -0.05) is 60.1 Å². The highest BCUT2D eigenvalue weighted by atomic mass is 35.5. The quantitative estimate of drug-likeness (QED) is 0.329. The van der Waals surface area contributed by atoms with Crippen molar-refractivity contribution in [1.29, 1.82) is 0 Å². The number of benzene rings is 3. The fraction of sp³-hybridized carbons (Fsp3) is 0.269. The smallest absolute Gasteiger partial charge is 0.334 e. The molecule has 1 amide bonds. The standard InChI is InChI=1S/C26H22ClF4NO/c27-22-5-2-6-23(28)24(22)25(33)32(16-18-7-9-19(10-8-18)20-11-12-20)14-13-17-3-1-4-21(15-17)26(29,30)31/h1-10,15,20H,11-14,16H2. The van der Waals surface area contributed by atoms with E-state index in [1.807, 2.05) is 24.3 Å². The number of amides is 1. The topological polar surface area (TPSA) is 20.3 Å². The van der Waals surface area contributed by atoms with Gasteiger partial charge in [-0.15, -0.1) is 0 Å². The molecule has 0 aliphatic heterocycles. The van der Waals surface area contributed by atoms with Crippen LogP contribution in [0.2, 0.25) is 5.02 Å². The molecule has 0 aromatic heterocycles. The van der Waals surface area contributed by atoms with Crippen molar-refractivity contribution in [2.75, 3.05) is 6.54 Å². The van der Waals surface area contributed by atoms with Gasteiger partial charge in [0.25, 0.3) is 5.91 Å². The third-order valence-electron chi connectivity index (χ3n) is 5.79. The Bertz CT molecular complexity index is 1120. The number of hydrogen-bond acceptors (Lipinski definition) is 1. The minimum absolute atomic E-state index is 0.00634. The van der Waals surface area contributed by atoms with Gasteiger partial charge >= 0.3 is 6.18 Å². The summed E-state index contributed by atoms with van der Waals surface area (Å²) in [6.07, 6.45) is -1.92. The van der Waals surface area contributed by atoms with Crippen molar-refractivity contribution in [2.24, 2.45) is 0 Å². The van der Waals surface area contributed by atoms with E-state index in [-0.39, 0.29) is 30.1 Å². The molecule has 0 bridgehead atoms. The molecule has 2 nitrogen and oxygen atoms in total. The molecule has 0 radical (unpaired) electrons. The first-order valence-corrected chi connectivity index (χ1v) is 11.1. The van der Waals surface area contributed by atoms with Crippen LogP contribution in [0.15, 0.2) is 66.7 Å². The highest BCUT2D eigenvalue weighted by Gasteiger charge is 2.30. The molecule has 1 aliphatic carbocycles. The summed E-state index contributed by atoms with van der Waals surface area (Å²) in [4.78, 5) is 14.7. The lowest BCUT2D eigenvalue weighted by molar-refractivity contribution is -0.137. The Labute approximate surface area is 194 Å². The minimum Gasteiger partial charge on any atom is -0.334 e. The Balaban J connectivity index is 1.57. The molecule has 1 aliphatic rings. The molecule has 0 atom stereocenters. The maximum absolute atomic E-state index is 14.4.